The van der Waals surface area contributed by atoms with Gasteiger partial charge in [-0.1, -0.05) is 36.4 Å². The van der Waals surface area contributed by atoms with Gasteiger partial charge in [-0.15, -0.1) is 11.3 Å². The fourth-order valence-electron chi connectivity index (χ4n) is 3.35. The number of fused-ring (bicyclic) bond motifs is 1. The van der Waals surface area contributed by atoms with Crippen LogP contribution in [-0.2, 0) is 4.79 Å². The second kappa shape index (κ2) is 6.59. The lowest BCUT2D eigenvalue weighted by atomic mass is 9.88. The molecule has 27 heavy (non-hydrogen) atoms. The maximum absolute atomic E-state index is 14.4. The highest BCUT2D eigenvalue weighted by Gasteiger charge is 2.35. The first-order valence-corrected chi connectivity index (χ1v) is 8.97. The van der Waals surface area contributed by atoms with Crippen LogP contribution in [-0.4, -0.2) is 17.0 Å². The first-order valence-electron chi connectivity index (χ1n) is 8.16. The molecule has 1 atom stereocenters. The molecule has 0 spiro atoms. The normalized spacial score (nSPS) is 15.9. The Balaban J connectivity index is 1.95. The van der Waals surface area contributed by atoms with Crippen molar-refractivity contribution in [2.45, 2.75) is 12.3 Å². The Bertz CT molecular complexity index is 1060. The molecular weight excluding hydrogens is 372 g/mol. The number of aromatic carboxylic acids is 1. The number of hydrogen-bond donors (Lipinski definition) is 2. The number of carbonyl (C=O) groups is 2. The third-order valence-electron chi connectivity index (χ3n) is 4.50. The predicted molar refractivity (Wildman–Crippen MR) is 98.2 cm³/mol. The molecule has 0 radical (unpaired) electrons. The van der Waals surface area contributed by atoms with Crippen LogP contribution in [0.5, 0.6) is 0 Å². The zero-order valence-corrected chi connectivity index (χ0v) is 14.6. The number of rotatable bonds is 3. The fourth-order valence-corrected chi connectivity index (χ4v) is 4.59. The van der Waals surface area contributed by atoms with E-state index in [4.69, 9.17) is 0 Å². The van der Waals surface area contributed by atoms with Gasteiger partial charge in [-0.05, 0) is 17.2 Å². The number of anilines is 1. The molecule has 0 saturated carbocycles. The smallest absolute Gasteiger partial charge is 0.346 e. The summed E-state index contributed by atoms with van der Waals surface area (Å²) in [7, 11) is 0. The minimum atomic E-state index is -1.12. The summed E-state index contributed by atoms with van der Waals surface area (Å²) in [5.74, 6) is -3.61. The van der Waals surface area contributed by atoms with Crippen molar-refractivity contribution in [2.24, 2.45) is 0 Å². The summed E-state index contributed by atoms with van der Waals surface area (Å²) >= 11 is 1.01. The number of benzene rings is 2. The fraction of sp³-hybridized carbons (Fsp3) is 0.100. The molecule has 2 N–H and O–H groups in total. The minimum Gasteiger partial charge on any atom is -0.477 e. The summed E-state index contributed by atoms with van der Waals surface area (Å²) in [6, 6.07) is 12.1. The summed E-state index contributed by atoms with van der Waals surface area (Å²) in [5.41, 5.74) is 1.61. The molecule has 1 unspecified atom stereocenters. The van der Waals surface area contributed by atoms with Gasteiger partial charge in [-0.2, -0.15) is 0 Å². The number of halogens is 2. The Kier molecular flexibility index (Phi) is 4.24. The van der Waals surface area contributed by atoms with Gasteiger partial charge in [-0.3, -0.25) is 4.79 Å². The van der Waals surface area contributed by atoms with Gasteiger partial charge in [0.2, 0.25) is 5.91 Å². The van der Waals surface area contributed by atoms with Gasteiger partial charge >= 0.3 is 5.97 Å². The highest BCUT2D eigenvalue weighted by Crippen LogP contribution is 2.49. The molecule has 0 aliphatic carbocycles. The van der Waals surface area contributed by atoms with Gasteiger partial charge in [0, 0.05) is 28.8 Å². The van der Waals surface area contributed by atoms with E-state index < -0.39 is 23.5 Å². The molecule has 4 nitrogen and oxygen atoms in total. The lowest BCUT2D eigenvalue weighted by Gasteiger charge is -2.24. The lowest BCUT2D eigenvalue weighted by Crippen LogP contribution is -2.23. The Labute approximate surface area is 157 Å². The van der Waals surface area contributed by atoms with E-state index in [1.54, 1.807) is 30.3 Å². The molecule has 1 amide bonds. The summed E-state index contributed by atoms with van der Waals surface area (Å²) in [4.78, 5) is 24.7. The van der Waals surface area contributed by atoms with Crippen molar-refractivity contribution in [1.29, 1.82) is 0 Å². The number of carboxylic acid groups (broad SMARTS) is 1. The van der Waals surface area contributed by atoms with Gasteiger partial charge in [-0.25, -0.2) is 13.6 Å². The Morgan fingerprint density at radius 2 is 1.89 bits per heavy atom. The topological polar surface area (TPSA) is 66.4 Å². The van der Waals surface area contributed by atoms with Gasteiger partial charge in [0.1, 0.15) is 16.5 Å². The zero-order valence-electron chi connectivity index (χ0n) is 13.8. The van der Waals surface area contributed by atoms with Gasteiger partial charge < -0.3 is 10.4 Å². The van der Waals surface area contributed by atoms with Crippen molar-refractivity contribution in [3.8, 4) is 11.1 Å². The average molecular weight is 385 g/mol. The highest BCUT2D eigenvalue weighted by molar-refractivity contribution is 7.15. The summed E-state index contributed by atoms with van der Waals surface area (Å²) in [5, 5.41) is 12.4. The van der Waals surface area contributed by atoms with Crippen molar-refractivity contribution >= 4 is 28.9 Å². The van der Waals surface area contributed by atoms with Crippen LogP contribution in [0.15, 0.2) is 48.5 Å². The third kappa shape index (κ3) is 3.00. The first-order chi connectivity index (χ1) is 13.0. The molecule has 2 aromatic carbocycles. The van der Waals surface area contributed by atoms with Crippen molar-refractivity contribution < 1.29 is 23.5 Å². The molecule has 136 valence electrons. The molecule has 3 aromatic rings. The molecule has 1 aromatic heterocycles. The van der Waals surface area contributed by atoms with E-state index in [-0.39, 0.29) is 22.8 Å². The maximum Gasteiger partial charge on any atom is 0.346 e. The monoisotopic (exact) mass is 385 g/mol. The Morgan fingerprint density at radius 3 is 2.56 bits per heavy atom. The van der Waals surface area contributed by atoms with E-state index in [9.17, 15) is 23.5 Å². The van der Waals surface area contributed by atoms with Gasteiger partial charge in [0.05, 0.1) is 5.69 Å². The van der Waals surface area contributed by atoms with Crippen molar-refractivity contribution in [3.05, 3.63) is 75.5 Å². The molecule has 0 fully saturated rings. The summed E-state index contributed by atoms with van der Waals surface area (Å²) < 4.78 is 27.6. The SMILES string of the molecule is O=C1CC(c2ccc(F)cc2F)c2sc(C(=O)O)c(-c3ccccc3)c2N1. The number of thiophene rings is 1. The molecular formula is C20H13F2NO3S. The molecule has 1 aliphatic rings. The number of hydrogen-bond acceptors (Lipinski definition) is 3. The van der Waals surface area contributed by atoms with E-state index in [0.29, 0.717) is 21.7 Å². The number of nitrogens with one attached hydrogen (secondary N) is 1. The largest absolute Gasteiger partial charge is 0.477 e. The molecule has 7 heteroatoms. The molecule has 4 rings (SSSR count). The number of amides is 1. The lowest BCUT2D eigenvalue weighted by molar-refractivity contribution is -0.116. The average Bonchev–Trinajstić information content (AvgIpc) is 3.01. The van der Waals surface area contributed by atoms with Gasteiger partial charge in [0.15, 0.2) is 0 Å². The van der Waals surface area contributed by atoms with Crippen LogP contribution in [0.3, 0.4) is 0 Å². The van der Waals surface area contributed by atoms with Crippen LogP contribution in [0, 0.1) is 11.6 Å². The van der Waals surface area contributed by atoms with E-state index in [2.05, 4.69) is 5.32 Å². The van der Waals surface area contributed by atoms with Crippen molar-refractivity contribution in [1.82, 2.24) is 0 Å². The first kappa shape index (κ1) is 17.4. The van der Waals surface area contributed by atoms with Crippen molar-refractivity contribution in [3.63, 3.8) is 0 Å². The van der Waals surface area contributed by atoms with Crippen LogP contribution >= 0.6 is 11.3 Å². The van der Waals surface area contributed by atoms with E-state index in [0.717, 1.165) is 23.5 Å². The second-order valence-electron chi connectivity index (χ2n) is 6.19. The van der Waals surface area contributed by atoms with Crippen LogP contribution in [0.4, 0.5) is 14.5 Å². The summed E-state index contributed by atoms with van der Waals surface area (Å²) in [6.07, 6.45) is -0.0383. The van der Waals surface area contributed by atoms with Crippen LogP contribution in [0.2, 0.25) is 0 Å². The minimum absolute atomic E-state index is 0.0383. The molecule has 1 aliphatic heterocycles. The van der Waals surface area contributed by atoms with E-state index in [1.165, 1.54) is 6.07 Å². The zero-order chi connectivity index (χ0) is 19.1. The quantitative estimate of drug-likeness (QED) is 0.676. The van der Waals surface area contributed by atoms with E-state index in [1.807, 2.05) is 0 Å². The Hall–Kier alpha value is -3.06. The molecule has 2 heterocycles. The summed E-state index contributed by atoms with van der Waals surface area (Å²) in [6.45, 7) is 0. The Morgan fingerprint density at radius 1 is 1.15 bits per heavy atom. The molecule has 0 bridgehead atoms. The predicted octanol–water partition coefficient (Wildman–Crippen LogP) is 4.87. The van der Waals surface area contributed by atoms with Crippen LogP contribution < -0.4 is 5.32 Å². The maximum atomic E-state index is 14.4. The van der Waals surface area contributed by atoms with E-state index >= 15 is 0 Å². The number of carboxylic acids is 1. The number of carbonyl (C=O) groups excluding carboxylic acids is 1. The van der Waals surface area contributed by atoms with Crippen LogP contribution in [0.1, 0.15) is 32.5 Å². The highest BCUT2D eigenvalue weighted by atomic mass is 32.1. The second-order valence-corrected chi connectivity index (χ2v) is 7.24. The van der Waals surface area contributed by atoms with Crippen molar-refractivity contribution in [2.75, 3.05) is 5.32 Å². The van der Waals surface area contributed by atoms with Gasteiger partial charge in [0.25, 0.3) is 0 Å². The standard InChI is InChI=1S/C20H13F2NO3S/c21-11-6-7-12(14(22)8-11)13-9-15(24)23-17-16(10-4-2-1-3-5-10)19(20(25)26)27-18(13)17/h1-8,13H,9H2,(H,23,24)(H,25,26). The molecule has 0 saturated heterocycles. The third-order valence-corrected chi connectivity index (χ3v) is 5.79. The van der Waals surface area contributed by atoms with Crippen LogP contribution in [0.25, 0.3) is 11.1 Å².